The summed E-state index contributed by atoms with van der Waals surface area (Å²) in [6, 6.07) is 24.1. The van der Waals surface area contributed by atoms with Gasteiger partial charge in [-0.05, 0) is 55.0 Å². The Morgan fingerprint density at radius 2 is 1.55 bits per heavy atom. The lowest BCUT2D eigenvalue weighted by Gasteiger charge is -2.29. The molecule has 40 heavy (non-hydrogen) atoms. The Morgan fingerprint density at radius 1 is 0.875 bits per heavy atom. The molecule has 0 spiro atoms. The molecule has 2 saturated heterocycles. The topological polar surface area (TPSA) is 103 Å². The van der Waals surface area contributed by atoms with E-state index in [-0.39, 0.29) is 17.4 Å². The number of anilines is 2. The number of aryl methyl sites for hydroxylation is 2. The molecule has 3 aromatic carbocycles. The third kappa shape index (κ3) is 4.18. The van der Waals surface area contributed by atoms with Crippen LogP contribution in [-0.2, 0) is 21.5 Å². The van der Waals surface area contributed by atoms with Gasteiger partial charge in [0.1, 0.15) is 11.6 Å². The van der Waals surface area contributed by atoms with Crippen LogP contribution in [0, 0.1) is 12.8 Å². The van der Waals surface area contributed by atoms with Crippen molar-refractivity contribution >= 4 is 29.2 Å². The molecule has 10 heteroatoms. The molecule has 3 heterocycles. The highest BCUT2D eigenvalue weighted by Crippen LogP contribution is 2.48. The number of hydrogen-bond donors (Lipinski definition) is 0. The molecular weight excluding hydrogens is 512 g/mol. The number of aromatic nitrogens is 2. The maximum atomic E-state index is 13.8. The molecule has 6 rings (SSSR count). The van der Waals surface area contributed by atoms with Crippen LogP contribution >= 0.6 is 0 Å². The number of methoxy groups -OCH3 is 1. The van der Waals surface area contributed by atoms with Crippen LogP contribution < -0.4 is 19.4 Å². The summed E-state index contributed by atoms with van der Waals surface area (Å²) < 4.78 is 12.7. The number of ether oxygens (including phenoxy) is 2. The number of amides is 2. The molecule has 3 atom stereocenters. The molecule has 0 N–H and O–H groups in total. The number of nitrogens with zero attached hydrogens (tertiary/aromatic N) is 4. The molecule has 1 aromatic heterocycles. The van der Waals surface area contributed by atoms with Gasteiger partial charge in [-0.3, -0.25) is 19.1 Å². The lowest BCUT2D eigenvalue weighted by atomic mass is 9.90. The first kappa shape index (κ1) is 25.3. The SMILES string of the molecule is COc1cc([C@@H]2[C@H]3C(=O)N(c4ccccc4)C(=O)[C@@H]3ON2c2ccccc2)ccc1OC(=O)c1cc(C)nn1C. The zero-order chi connectivity index (χ0) is 28.0. The molecule has 0 saturated carbocycles. The Kier molecular flexibility index (Phi) is 6.31. The van der Waals surface area contributed by atoms with E-state index < -0.39 is 29.9 Å². The van der Waals surface area contributed by atoms with Crippen molar-refractivity contribution in [2.24, 2.45) is 13.0 Å². The van der Waals surface area contributed by atoms with Crippen molar-refractivity contribution in [1.82, 2.24) is 9.78 Å². The van der Waals surface area contributed by atoms with Gasteiger partial charge in [-0.1, -0.05) is 42.5 Å². The number of fused-ring (bicyclic) bond motifs is 1. The van der Waals surface area contributed by atoms with Gasteiger partial charge in [0.05, 0.1) is 30.2 Å². The number of carbonyl (C=O) groups is 3. The van der Waals surface area contributed by atoms with E-state index in [0.29, 0.717) is 28.3 Å². The van der Waals surface area contributed by atoms with Crippen molar-refractivity contribution in [3.05, 3.63) is 102 Å². The van der Waals surface area contributed by atoms with Crippen LogP contribution in [0.5, 0.6) is 11.5 Å². The molecule has 2 amide bonds. The first-order chi connectivity index (χ1) is 19.4. The van der Waals surface area contributed by atoms with Crippen LogP contribution in [0.25, 0.3) is 0 Å². The summed E-state index contributed by atoms with van der Waals surface area (Å²) in [7, 11) is 3.13. The Hall–Kier alpha value is -4.96. The number of hydroxylamine groups is 1. The first-order valence-electron chi connectivity index (χ1n) is 12.7. The van der Waals surface area contributed by atoms with Gasteiger partial charge in [0.25, 0.3) is 5.91 Å². The standard InChI is InChI=1S/C30H26N4O6/c1-18-16-22(32(2)31-18)30(37)39-23-15-14-19(17-24(23)38-3)26-25-27(40-34(26)21-12-8-5-9-13-21)29(36)33(28(25)35)20-10-6-4-7-11-20/h4-17,25-27H,1-3H3/t25-,26-,27-/m1/s1. The summed E-state index contributed by atoms with van der Waals surface area (Å²) >= 11 is 0. The summed E-state index contributed by atoms with van der Waals surface area (Å²) in [4.78, 5) is 47.5. The minimum absolute atomic E-state index is 0.205. The quantitative estimate of drug-likeness (QED) is 0.206. The minimum Gasteiger partial charge on any atom is -0.493 e. The van der Waals surface area contributed by atoms with Crippen molar-refractivity contribution in [2.45, 2.75) is 19.1 Å². The van der Waals surface area contributed by atoms with E-state index in [4.69, 9.17) is 14.3 Å². The Morgan fingerprint density at radius 3 is 2.17 bits per heavy atom. The van der Waals surface area contributed by atoms with Crippen LogP contribution in [0.4, 0.5) is 11.4 Å². The van der Waals surface area contributed by atoms with Gasteiger partial charge < -0.3 is 9.47 Å². The van der Waals surface area contributed by atoms with Crippen LogP contribution in [0.1, 0.15) is 27.8 Å². The van der Waals surface area contributed by atoms with Gasteiger partial charge in [0, 0.05) is 7.05 Å². The lowest BCUT2D eigenvalue weighted by Crippen LogP contribution is -2.37. The molecular formula is C30H26N4O6. The van der Waals surface area contributed by atoms with Gasteiger partial charge in [-0.15, -0.1) is 0 Å². The van der Waals surface area contributed by atoms with Crippen molar-refractivity contribution < 1.29 is 28.7 Å². The van der Waals surface area contributed by atoms with E-state index in [9.17, 15) is 14.4 Å². The normalized spacial score (nSPS) is 20.1. The Bertz CT molecular complexity index is 1600. The van der Waals surface area contributed by atoms with E-state index >= 15 is 0 Å². The minimum atomic E-state index is -1.01. The number of para-hydroxylation sites is 2. The zero-order valence-corrected chi connectivity index (χ0v) is 22.1. The second-order valence-corrected chi connectivity index (χ2v) is 9.60. The number of carbonyl (C=O) groups excluding carboxylic acids is 3. The molecule has 2 fully saturated rings. The van der Waals surface area contributed by atoms with Crippen molar-refractivity contribution in [3.63, 3.8) is 0 Å². The summed E-state index contributed by atoms with van der Waals surface area (Å²) in [5.41, 5.74) is 2.82. The van der Waals surface area contributed by atoms with Gasteiger partial charge in [-0.25, -0.2) is 14.8 Å². The maximum Gasteiger partial charge on any atom is 0.362 e. The third-order valence-electron chi connectivity index (χ3n) is 7.08. The highest BCUT2D eigenvalue weighted by Gasteiger charge is 2.60. The van der Waals surface area contributed by atoms with Crippen LogP contribution in [0.2, 0.25) is 0 Å². The molecule has 10 nitrogen and oxygen atoms in total. The van der Waals surface area contributed by atoms with Crippen LogP contribution in [0.15, 0.2) is 84.9 Å². The number of rotatable bonds is 6. The highest BCUT2D eigenvalue weighted by atomic mass is 16.7. The lowest BCUT2D eigenvalue weighted by molar-refractivity contribution is -0.126. The molecule has 0 unspecified atom stereocenters. The summed E-state index contributed by atoms with van der Waals surface area (Å²) in [6.07, 6.45) is -1.01. The van der Waals surface area contributed by atoms with Crippen molar-refractivity contribution in [1.29, 1.82) is 0 Å². The van der Waals surface area contributed by atoms with E-state index in [1.54, 1.807) is 67.6 Å². The fourth-order valence-electron chi connectivity index (χ4n) is 5.29. The summed E-state index contributed by atoms with van der Waals surface area (Å²) in [5.74, 6) is -1.68. The largest absolute Gasteiger partial charge is 0.493 e. The second kappa shape index (κ2) is 9.97. The number of imide groups is 1. The van der Waals surface area contributed by atoms with Crippen LogP contribution in [0.3, 0.4) is 0 Å². The van der Waals surface area contributed by atoms with E-state index in [0.717, 1.165) is 0 Å². The molecule has 0 radical (unpaired) electrons. The van der Waals surface area contributed by atoms with Gasteiger partial charge in [0.2, 0.25) is 5.91 Å². The molecule has 202 valence electrons. The predicted molar refractivity (Wildman–Crippen MR) is 145 cm³/mol. The molecule has 4 aromatic rings. The van der Waals surface area contributed by atoms with Gasteiger partial charge >= 0.3 is 5.97 Å². The van der Waals surface area contributed by atoms with E-state index in [2.05, 4.69) is 5.10 Å². The van der Waals surface area contributed by atoms with Crippen molar-refractivity contribution in [2.75, 3.05) is 17.1 Å². The number of esters is 1. The fourth-order valence-corrected chi connectivity index (χ4v) is 5.29. The molecule has 2 aliphatic heterocycles. The van der Waals surface area contributed by atoms with Gasteiger partial charge in [0.15, 0.2) is 17.6 Å². The smallest absolute Gasteiger partial charge is 0.362 e. The number of hydrogen-bond acceptors (Lipinski definition) is 8. The zero-order valence-electron chi connectivity index (χ0n) is 22.1. The predicted octanol–water partition coefficient (Wildman–Crippen LogP) is 4.01. The summed E-state index contributed by atoms with van der Waals surface area (Å²) in [5, 5.41) is 5.80. The monoisotopic (exact) mass is 538 g/mol. The molecule has 0 aliphatic carbocycles. The maximum absolute atomic E-state index is 13.8. The molecule has 2 aliphatic rings. The molecule has 0 bridgehead atoms. The average Bonchev–Trinajstić information content (AvgIpc) is 3.60. The Labute approximate surface area is 230 Å². The van der Waals surface area contributed by atoms with Crippen LogP contribution in [-0.4, -0.2) is 40.8 Å². The average molecular weight is 539 g/mol. The van der Waals surface area contributed by atoms with E-state index in [1.165, 1.54) is 16.7 Å². The van der Waals surface area contributed by atoms with Gasteiger partial charge in [-0.2, -0.15) is 5.10 Å². The number of benzene rings is 3. The first-order valence-corrected chi connectivity index (χ1v) is 12.7. The second-order valence-electron chi connectivity index (χ2n) is 9.60. The third-order valence-corrected chi connectivity index (χ3v) is 7.08. The fraction of sp³-hybridized carbons (Fsp3) is 0.200. The summed E-state index contributed by atoms with van der Waals surface area (Å²) in [6.45, 7) is 1.79. The van der Waals surface area contributed by atoms with Crippen molar-refractivity contribution in [3.8, 4) is 11.5 Å². The highest BCUT2D eigenvalue weighted by molar-refractivity contribution is 6.23. The Balaban J connectivity index is 1.38. The van der Waals surface area contributed by atoms with E-state index in [1.807, 2.05) is 36.4 Å².